The van der Waals surface area contributed by atoms with Gasteiger partial charge in [-0.1, -0.05) is 73.9 Å². The first-order valence-electron chi connectivity index (χ1n) is 14.4. The fraction of sp³-hybridized carbons (Fsp3) is 0.469. The number of hydrogen-bond donors (Lipinski definition) is 2. The fourth-order valence-corrected chi connectivity index (χ4v) is 7.42. The molecule has 0 radical (unpaired) electrons. The van der Waals surface area contributed by atoms with Gasteiger partial charge < -0.3 is 20.3 Å². The number of anilines is 1. The number of rotatable bonds is 7. The summed E-state index contributed by atoms with van der Waals surface area (Å²) in [6.07, 6.45) is 7.87. The van der Waals surface area contributed by atoms with Gasteiger partial charge in [0.05, 0.1) is 17.9 Å². The van der Waals surface area contributed by atoms with E-state index in [0.717, 1.165) is 36.8 Å². The van der Waals surface area contributed by atoms with Crippen molar-refractivity contribution in [2.24, 2.45) is 17.8 Å². The number of carbonyl (C=O) groups is 3. The van der Waals surface area contributed by atoms with E-state index in [1.165, 1.54) is 0 Å². The molecule has 1 saturated carbocycles. The third kappa shape index (κ3) is 4.63. The van der Waals surface area contributed by atoms with Crippen LogP contribution in [0.2, 0.25) is 5.02 Å². The standard InChI is InChI=1S/C32H36ClN3O4/c1-19-8-7-11-22(18-19)34-29(37)26-25-14-16-32(40-25)27(26)31(39)36(17-15-21-10-4-5-12-23(21)33)28(32)30(38)35-24-13-6-3-9-20(24)2/h4-5,7-8,10-12,14,16,18,20,24-28H,3,6,9,13,15,17H2,1-2H3,(H,34,37)(H,35,38)/t20-,24+,25-,26+,27-,28-,32-/m0/s1. The van der Waals surface area contributed by atoms with E-state index in [9.17, 15) is 14.4 Å². The van der Waals surface area contributed by atoms with Crippen molar-refractivity contribution in [3.63, 3.8) is 0 Å². The first-order valence-corrected chi connectivity index (χ1v) is 14.8. The largest absolute Gasteiger partial charge is 0.359 e. The first kappa shape index (κ1) is 27.0. The molecule has 3 heterocycles. The van der Waals surface area contributed by atoms with Gasteiger partial charge in [0, 0.05) is 23.3 Å². The molecule has 2 N–H and O–H groups in total. The number of halogens is 1. The summed E-state index contributed by atoms with van der Waals surface area (Å²) in [5.41, 5.74) is 1.42. The zero-order valence-corrected chi connectivity index (χ0v) is 23.7. The number of nitrogens with one attached hydrogen (secondary N) is 2. The molecule has 2 saturated heterocycles. The van der Waals surface area contributed by atoms with Crippen LogP contribution >= 0.6 is 11.6 Å². The molecule has 7 nitrogen and oxygen atoms in total. The average Bonchev–Trinajstić information content (AvgIpc) is 3.57. The molecule has 8 heteroatoms. The minimum Gasteiger partial charge on any atom is -0.359 e. The van der Waals surface area contributed by atoms with Crippen molar-refractivity contribution >= 4 is 35.0 Å². The summed E-state index contributed by atoms with van der Waals surface area (Å²) in [6, 6.07) is 14.3. The zero-order chi connectivity index (χ0) is 28.0. The second-order valence-corrected chi connectivity index (χ2v) is 12.2. The van der Waals surface area contributed by atoms with Crippen molar-refractivity contribution < 1.29 is 19.1 Å². The topological polar surface area (TPSA) is 87.7 Å². The van der Waals surface area contributed by atoms with Crippen molar-refractivity contribution in [1.29, 1.82) is 0 Å². The van der Waals surface area contributed by atoms with E-state index in [1.54, 1.807) is 4.90 Å². The van der Waals surface area contributed by atoms with Gasteiger partial charge in [0.1, 0.15) is 11.6 Å². The van der Waals surface area contributed by atoms with Gasteiger partial charge in [0.2, 0.25) is 17.7 Å². The molecule has 2 aromatic rings. The molecule has 2 aromatic carbocycles. The van der Waals surface area contributed by atoms with Crippen LogP contribution in [0.4, 0.5) is 5.69 Å². The molecule has 3 fully saturated rings. The van der Waals surface area contributed by atoms with Crippen LogP contribution in [0, 0.1) is 24.7 Å². The van der Waals surface area contributed by atoms with Gasteiger partial charge in [0.15, 0.2) is 0 Å². The first-order chi connectivity index (χ1) is 19.3. The molecule has 0 aromatic heterocycles. The zero-order valence-electron chi connectivity index (χ0n) is 22.9. The van der Waals surface area contributed by atoms with Crippen molar-refractivity contribution in [1.82, 2.24) is 10.2 Å². The lowest BCUT2D eigenvalue weighted by atomic mass is 9.74. The molecule has 40 heavy (non-hydrogen) atoms. The monoisotopic (exact) mass is 561 g/mol. The van der Waals surface area contributed by atoms with Gasteiger partial charge in [-0.2, -0.15) is 0 Å². The second kappa shape index (κ2) is 10.7. The van der Waals surface area contributed by atoms with Crippen LogP contribution in [0.3, 0.4) is 0 Å². The lowest BCUT2D eigenvalue weighted by Crippen LogP contribution is -2.57. The molecule has 1 spiro atoms. The summed E-state index contributed by atoms with van der Waals surface area (Å²) < 4.78 is 6.48. The van der Waals surface area contributed by atoms with Crippen molar-refractivity contribution in [2.45, 2.75) is 69.7 Å². The number of ether oxygens (including phenoxy) is 1. The van der Waals surface area contributed by atoms with Gasteiger partial charge in [-0.15, -0.1) is 0 Å². The average molecular weight is 562 g/mol. The van der Waals surface area contributed by atoms with Crippen LogP contribution < -0.4 is 10.6 Å². The number of benzene rings is 2. The van der Waals surface area contributed by atoms with Gasteiger partial charge in [-0.05, 0) is 61.4 Å². The Balaban J connectivity index is 1.31. The summed E-state index contributed by atoms with van der Waals surface area (Å²) in [5, 5.41) is 6.89. The Hall–Kier alpha value is -3.16. The number of likely N-dealkylation sites (tertiary alicyclic amines) is 1. The van der Waals surface area contributed by atoms with Gasteiger partial charge >= 0.3 is 0 Å². The van der Waals surface area contributed by atoms with Gasteiger partial charge in [-0.3, -0.25) is 14.4 Å². The number of nitrogens with zero attached hydrogens (tertiary/aromatic N) is 1. The second-order valence-electron chi connectivity index (χ2n) is 11.8. The molecule has 6 rings (SSSR count). The number of carbonyl (C=O) groups excluding carboxylic acids is 3. The Kier molecular flexibility index (Phi) is 7.21. The minimum absolute atomic E-state index is 0.0558. The normalized spacial score (nSPS) is 32.3. The summed E-state index contributed by atoms with van der Waals surface area (Å²) in [7, 11) is 0. The number of amides is 3. The molecule has 1 aliphatic carbocycles. The van der Waals surface area contributed by atoms with Crippen molar-refractivity contribution in [3.05, 3.63) is 76.8 Å². The van der Waals surface area contributed by atoms with E-state index in [1.807, 2.05) is 67.6 Å². The Bertz CT molecular complexity index is 1360. The Morgan fingerprint density at radius 3 is 2.67 bits per heavy atom. The lowest BCUT2D eigenvalue weighted by Gasteiger charge is -2.36. The summed E-state index contributed by atoms with van der Waals surface area (Å²) in [6.45, 7) is 4.43. The summed E-state index contributed by atoms with van der Waals surface area (Å²) >= 11 is 6.43. The molecule has 7 atom stereocenters. The summed E-state index contributed by atoms with van der Waals surface area (Å²) in [4.78, 5) is 43.6. The van der Waals surface area contributed by atoms with Crippen LogP contribution in [0.1, 0.15) is 43.7 Å². The van der Waals surface area contributed by atoms with Crippen LogP contribution in [0.15, 0.2) is 60.7 Å². The molecular formula is C32H36ClN3O4. The Labute approximate surface area is 240 Å². The van der Waals surface area contributed by atoms with E-state index in [-0.39, 0.29) is 23.8 Å². The van der Waals surface area contributed by atoms with Crippen molar-refractivity contribution in [2.75, 3.05) is 11.9 Å². The highest BCUT2D eigenvalue weighted by Gasteiger charge is 2.72. The Morgan fingerprint density at radius 1 is 1.10 bits per heavy atom. The van der Waals surface area contributed by atoms with Gasteiger partial charge in [0.25, 0.3) is 0 Å². The van der Waals surface area contributed by atoms with E-state index >= 15 is 0 Å². The third-order valence-corrected chi connectivity index (χ3v) is 9.60. The maximum atomic E-state index is 14.2. The highest BCUT2D eigenvalue weighted by molar-refractivity contribution is 6.31. The number of fused-ring (bicyclic) bond motifs is 1. The predicted octanol–water partition coefficient (Wildman–Crippen LogP) is 4.68. The number of aryl methyl sites for hydroxylation is 1. The molecule has 2 bridgehead atoms. The maximum Gasteiger partial charge on any atom is 0.246 e. The van der Waals surface area contributed by atoms with E-state index < -0.39 is 29.6 Å². The highest BCUT2D eigenvalue weighted by Crippen LogP contribution is 2.55. The molecule has 4 aliphatic rings. The predicted molar refractivity (Wildman–Crippen MR) is 154 cm³/mol. The van der Waals surface area contributed by atoms with Crippen LogP contribution in [-0.2, 0) is 25.5 Å². The van der Waals surface area contributed by atoms with E-state index in [0.29, 0.717) is 29.6 Å². The third-order valence-electron chi connectivity index (χ3n) is 9.23. The molecule has 3 amide bonds. The maximum absolute atomic E-state index is 14.2. The summed E-state index contributed by atoms with van der Waals surface area (Å²) in [5.74, 6) is -1.85. The van der Waals surface area contributed by atoms with Crippen LogP contribution in [-0.4, -0.2) is 53.0 Å². The van der Waals surface area contributed by atoms with Gasteiger partial charge in [-0.25, -0.2) is 0 Å². The van der Waals surface area contributed by atoms with Crippen molar-refractivity contribution in [3.8, 4) is 0 Å². The quantitative estimate of drug-likeness (QED) is 0.481. The SMILES string of the molecule is Cc1cccc(NC(=O)[C@@H]2[C@@H]3C=C[C@]4(O3)[C@@H]2C(=O)N(CCc2ccccc2Cl)[C@H]4C(=O)N[C@@H]2CCCC[C@@H]2C)c1. The molecule has 0 unspecified atom stereocenters. The molecular weight excluding hydrogens is 526 g/mol. The lowest BCUT2D eigenvalue weighted by molar-refractivity contribution is -0.141. The molecule has 3 aliphatic heterocycles. The van der Waals surface area contributed by atoms with E-state index in [2.05, 4.69) is 17.6 Å². The highest BCUT2D eigenvalue weighted by atomic mass is 35.5. The fourth-order valence-electron chi connectivity index (χ4n) is 7.19. The minimum atomic E-state index is -1.18. The van der Waals surface area contributed by atoms with Crippen LogP contribution in [0.25, 0.3) is 0 Å². The number of hydrogen-bond acceptors (Lipinski definition) is 4. The van der Waals surface area contributed by atoms with E-state index in [4.69, 9.17) is 16.3 Å². The Morgan fingerprint density at radius 2 is 1.90 bits per heavy atom. The smallest absolute Gasteiger partial charge is 0.246 e. The van der Waals surface area contributed by atoms with Crippen LogP contribution in [0.5, 0.6) is 0 Å². The molecule has 210 valence electrons.